The predicted octanol–water partition coefficient (Wildman–Crippen LogP) is 3.93. The minimum Gasteiger partial charge on any atom is -0.312 e. The zero-order valence-corrected chi connectivity index (χ0v) is 16.5. The van der Waals surface area contributed by atoms with Crippen LogP contribution in [0.2, 0.25) is 0 Å². The molecule has 1 atom stereocenters. The molecule has 1 N–H and O–H groups in total. The van der Waals surface area contributed by atoms with Gasteiger partial charge in [0, 0.05) is 30.1 Å². The minimum atomic E-state index is -0.209. The summed E-state index contributed by atoms with van der Waals surface area (Å²) in [6, 6.07) is 15.2. The summed E-state index contributed by atoms with van der Waals surface area (Å²) in [5, 5.41) is 12.3. The van der Waals surface area contributed by atoms with E-state index in [-0.39, 0.29) is 17.7 Å². The molecule has 1 aliphatic heterocycles. The summed E-state index contributed by atoms with van der Waals surface area (Å²) in [6.07, 6.45) is 0.397. The molecule has 1 aromatic heterocycles. The van der Waals surface area contributed by atoms with Gasteiger partial charge in [0.05, 0.1) is 0 Å². The number of carbonyl (C=O) groups excluding carboxylic acids is 2. The molecule has 7 heteroatoms. The normalized spacial score (nSPS) is 16.4. The van der Waals surface area contributed by atoms with Crippen LogP contribution in [-0.2, 0) is 4.79 Å². The lowest BCUT2D eigenvalue weighted by Crippen LogP contribution is -2.24. The van der Waals surface area contributed by atoms with E-state index in [9.17, 15) is 9.59 Å². The largest absolute Gasteiger partial charge is 0.312 e. The van der Waals surface area contributed by atoms with Gasteiger partial charge in [-0.05, 0) is 49.2 Å². The first-order chi connectivity index (χ1) is 13.5. The molecular formula is C21H20N4O2S. The standard InChI is InChI=1S/C21H20N4O2S/c1-13-8-9-15(10-14(13)2)19(27)22-21-24-23-20(28-21)16-11-18(26)25(12-16)17-6-4-3-5-7-17/h3-10,16H,11-12H2,1-2H3,(H,22,24,27)/t16-/m1/s1. The van der Waals surface area contributed by atoms with Crippen LogP contribution in [0.5, 0.6) is 0 Å². The number of rotatable bonds is 4. The Bertz CT molecular complexity index is 1030. The van der Waals surface area contributed by atoms with Crippen LogP contribution >= 0.6 is 11.3 Å². The van der Waals surface area contributed by atoms with Gasteiger partial charge in [-0.15, -0.1) is 10.2 Å². The fourth-order valence-corrected chi connectivity index (χ4v) is 4.06. The van der Waals surface area contributed by atoms with E-state index in [1.54, 1.807) is 11.0 Å². The lowest BCUT2D eigenvalue weighted by Gasteiger charge is -2.15. The number of nitrogens with one attached hydrogen (secondary N) is 1. The van der Waals surface area contributed by atoms with Gasteiger partial charge in [0.2, 0.25) is 11.0 Å². The highest BCUT2D eigenvalue weighted by molar-refractivity contribution is 7.15. The van der Waals surface area contributed by atoms with Crippen LogP contribution in [0, 0.1) is 13.8 Å². The fourth-order valence-electron chi connectivity index (χ4n) is 3.23. The van der Waals surface area contributed by atoms with Gasteiger partial charge in [-0.2, -0.15) is 0 Å². The van der Waals surface area contributed by atoms with E-state index in [1.165, 1.54) is 11.3 Å². The Morgan fingerprint density at radius 1 is 1.11 bits per heavy atom. The van der Waals surface area contributed by atoms with Gasteiger partial charge in [0.25, 0.3) is 5.91 Å². The fraction of sp³-hybridized carbons (Fsp3) is 0.238. The molecule has 28 heavy (non-hydrogen) atoms. The van der Waals surface area contributed by atoms with Gasteiger partial charge >= 0.3 is 0 Å². The Kier molecular flexibility index (Phi) is 4.92. The molecule has 0 spiro atoms. The van der Waals surface area contributed by atoms with E-state index in [2.05, 4.69) is 15.5 Å². The van der Waals surface area contributed by atoms with Gasteiger partial charge in [-0.1, -0.05) is 35.6 Å². The Balaban J connectivity index is 1.45. The molecule has 0 radical (unpaired) electrons. The van der Waals surface area contributed by atoms with Gasteiger partial charge in [0.15, 0.2) is 0 Å². The van der Waals surface area contributed by atoms with E-state index < -0.39 is 0 Å². The Morgan fingerprint density at radius 3 is 2.64 bits per heavy atom. The topological polar surface area (TPSA) is 75.2 Å². The lowest BCUT2D eigenvalue weighted by atomic mass is 10.1. The van der Waals surface area contributed by atoms with Crippen molar-refractivity contribution in [2.45, 2.75) is 26.2 Å². The number of amides is 2. The van der Waals surface area contributed by atoms with Gasteiger partial charge in [0.1, 0.15) is 5.01 Å². The molecule has 4 rings (SSSR count). The van der Waals surface area contributed by atoms with E-state index in [4.69, 9.17) is 0 Å². The molecule has 2 heterocycles. The quantitative estimate of drug-likeness (QED) is 0.730. The summed E-state index contributed by atoms with van der Waals surface area (Å²) in [5.41, 5.74) is 3.69. The van der Waals surface area contributed by atoms with Gasteiger partial charge in [-0.3, -0.25) is 14.9 Å². The third-order valence-electron chi connectivity index (χ3n) is 4.97. The van der Waals surface area contributed by atoms with Crippen LogP contribution < -0.4 is 10.2 Å². The van der Waals surface area contributed by atoms with Crippen molar-refractivity contribution in [2.75, 3.05) is 16.8 Å². The highest BCUT2D eigenvalue weighted by Gasteiger charge is 2.33. The van der Waals surface area contributed by atoms with E-state index >= 15 is 0 Å². The number of para-hydroxylation sites is 1. The van der Waals surface area contributed by atoms with Crippen LogP contribution in [-0.4, -0.2) is 28.6 Å². The molecule has 0 saturated carbocycles. The van der Waals surface area contributed by atoms with Gasteiger partial charge < -0.3 is 4.90 Å². The second kappa shape index (κ2) is 7.52. The first kappa shape index (κ1) is 18.3. The Morgan fingerprint density at radius 2 is 1.89 bits per heavy atom. The van der Waals surface area contributed by atoms with Crippen LogP contribution in [0.1, 0.15) is 38.8 Å². The molecule has 6 nitrogen and oxygen atoms in total. The molecule has 0 bridgehead atoms. The average molecular weight is 392 g/mol. The summed E-state index contributed by atoms with van der Waals surface area (Å²) < 4.78 is 0. The molecule has 3 aromatic rings. The highest BCUT2D eigenvalue weighted by Crippen LogP contribution is 2.34. The van der Waals surface area contributed by atoms with Crippen LogP contribution in [0.15, 0.2) is 48.5 Å². The lowest BCUT2D eigenvalue weighted by molar-refractivity contribution is -0.117. The van der Waals surface area contributed by atoms with Crippen molar-refractivity contribution >= 4 is 34.0 Å². The van der Waals surface area contributed by atoms with Crippen LogP contribution in [0.25, 0.3) is 0 Å². The van der Waals surface area contributed by atoms with E-state index in [0.29, 0.717) is 23.7 Å². The minimum absolute atomic E-state index is 0.0162. The first-order valence-electron chi connectivity index (χ1n) is 9.08. The summed E-state index contributed by atoms with van der Waals surface area (Å²) in [5.74, 6) is -0.149. The monoisotopic (exact) mass is 392 g/mol. The summed E-state index contributed by atoms with van der Waals surface area (Å²) >= 11 is 1.33. The average Bonchev–Trinajstić information content (AvgIpc) is 3.31. The SMILES string of the molecule is Cc1ccc(C(=O)Nc2nnc([C@@H]3CC(=O)N(c4ccccc4)C3)s2)cc1C. The number of nitrogens with zero attached hydrogens (tertiary/aromatic N) is 3. The molecular weight excluding hydrogens is 372 g/mol. The van der Waals surface area contributed by atoms with Crippen LogP contribution in [0.4, 0.5) is 10.8 Å². The molecule has 2 amide bonds. The van der Waals surface area contributed by atoms with Gasteiger partial charge in [-0.25, -0.2) is 0 Å². The van der Waals surface area contributed by atoms with Crippen molar-refractivity contribution in [3.05, 3.63) is 70.2 Å². The number of aromatic nitrogens is 2. The van der Waals surface area contributed by atoms with Crippen molar-refractivity contribution in [1.82, 2.24) is 10.2 Å². The molecule has 1 aliphatic rings. The van der Waals surface area contributed by atoms with Crippen molar-refractivity contribution < 1.29 is 9.59 Å². The van der Waals surface area contributed by atoms with E-state index in [0.717, 1.165) is 21.8 Å². The number of hydrogen-bond acceptors (Lipinski definition) is 5. The van der Waals surface area contributed by atoms with E-state index in [1.807, 2.05) is 56.3 Å². The molecule has 1 saturated heterocycles. The number of aryl methyl sites for hydroxylation is 2. The maximum atomic E-state index is 12.5. The number of benzene rings is 2. The number of carbonyl (C=O) groups is 2. The maximum absolute atomic E-state index is 12.5. The molecule has 0 aliphatic carbocycles. The van der Waals surface area contributed by atoms with Crippen molar-refractivity contribution in [3.8, 4) is 0 Å². The molecule has 0 unspecified atom stereocenters. The van der Waals surface area contributed by atoms with Crippen molar-refractivity contribution in [3.63, 3.8) is 0 Å². The molecule has 2 aromatic carbocycles. The smallest absolute Gasteiger partial charge is 0.257 e. The molecule has 1 fully saturated rings. The van der Waals surface area contributed by atoms with Crippen molar-refractivity contribution in [2.24, 2.45) is 0 Å². The zero-order chi connectivity index (χ0) is 19.7. The van der Waals surface area contributed by atoms with Crippen molar-refractivity contribution in [1.29, 1.82) is 0 Å². The Hall–Kier alpha value is -3.06. The maximum Gasteiger partial charge on any atom is 0.257 e. The zero-order valence-electron chi connectivity index (χ0n) is 15.7. The summed E-state index contributed by atoms with van der Waals surface area (Å²) in [7, 11) is 0. The first-order valence-corrected chi connectivity index (χ1v) is 9.90. The summed E-state index contributed by atoms with van der Waals surface area (Å²) in [4.78, 5) is 26.6. The highest BCUT2D eigenvalue weighted by atomic mass is 32.1. The third-order valence-corrected chi connectivity index (χ3v) is 5.97. The predicted molar refractivity (Wildman–Crippen MR) is 110 cm³/mol. The third kappa shape index (κ3) is 3.66. The number of anilines is 2. The second-order valence-electron chi connectivity index (χ2n) is 6.94. The number of hydrogen-bond donors (Lipinski definition) is 1. The summed E-state index contributed by atoms with van der Waals surface area (Å²) in [6.45, 7) is 4.56. The van der Waals surface area contributed by atoms with Crippen LogP contribution in [0.3, 0.4) is 0 Å². The second-order valence-corrected chi connectivity index (χ2v) is 7.95. The molecule has 142 valence electrons. The Labute approximate surface area is 167 Å².